The van der Waals surface area contributed by atoms with E-state index in [2.05, 4.69) is 17.1 Å². The average Bonchev–Trinajstić information content (AvgIpc) is 2.96. The highest BCUT2D eigenvalue weighted by molar-refractivity contribution is 5.45. The number of aliphatic imine (C=N–C) groups is 1. The van der Waals surface area contributed by atoms with Crippen LogP contribution in [-0.2, 0) is 10.3 Å². The lowest BCUT2D eigenvalue weighted by atomic mass is 9.71. The number of ether oxygens (including phenoxy) is 1. The van der Waals surface area contributed by atoms with E-state index in [0.29, 0.717) is 5.92 Å². The zero-order chi connectivity index (χ0) is 14.0. The van der Waals surface area contributed by atoms with E-state index in [-0.39, 0.29) is 5.54 Å². The van der Waals surface area contributed by atoms with E-state index in [0.717, 1.165) is 30.6 Å². The zero-order valence-electron chi connectivity index (χ0n) is 12.0. The number of nitrogens with zero attached hydrogens (tertiary/aromatic N) is 1. The highest BCUT2D eigenvalue weighted by Crippen LogP contribution is 2.47. The molecule has 0 saturated heterocycles. The minimum Gasteiger partial charge on any atom is -0.496 e. The first-order chi connectivity index (χ1) is 9.79. The van der Waals surface area contributed by atoms with Crippen molar-refractivity contribution in [1.82, 2.24) is 0 Å². The van der Waals surface area contributed by atoms with Gasteiger partial charge in [0.15, 0.2) is 0 Å². The highest BCUT2D eigenvalue weighted by atomic mass is 16.5. The standard InChI is InChI=1S/C17H21NO2/c1-20-16-8-7-14(17(18-12-19)9-4-10-17)11-15(16)13-5-2-3-6-13/h7-8,11,13H,2-6,9-10H2,1H3. The lowest BCUT2D eigenvalue weighted by Gasteiger charge is -2.37. The summed E-state index contributed by atoms with van der Waals surface area (Å²) in [5, 5.41) is 0. The third kappa shape index (κ3) is 2.16. The fourth-order valence-corrected chi connectivity index (χ4v) is 3.64. The van der Waals surface area contributed by atoms with Crippen molar-refractivity contribution in [1.29, 1.82) is 0 Å². The molecule has 3 heteroatoms. The molecule has 2 aliphatic rings. The minimum absolute atomic E-state index is 0.304. The lowest BCUT2D eigenvalue weighted by molar-refractivity contribution is 0.255. The molecule has 0 radical (unpaired) electrons. The van der Waals surface area contributed by atoms with Crippen molar-refractivity contribution in [2.45, 2.75) is 56.4 Å². The molecule has 0 unspecified atom stereocenters. The summed E-state index contributed by atoms with van der Waals surface area (Å²) in [5.41, 5.74) is 2.16. The van der Waals surface area contributed by atoms with Crippen LogP contribution in [0.25, 0.3) is 0 Å². The van der Waals surface area contributed by atoms with Gasteiger partial charge < -0.3 is 4.74 Å². The summed E-state index contributed by atoms with van der Waals surface area (Å²) in [7, 11) is 1.73. The smallest absolute Gasteiger partial charge is 0.235 e. The predicted molar refractivity (Wildman–Crippen MR) is 77.9 cm³/mol. The quantitative estimate of drug-likeness (QED) is 0.611. The molecule has 106 valence electrons. The predicted octanol–water partition coefficient (Wildman–Crippen LogP) is 4.07. The van der Waals surface area contributed by atoms with Crippen LogP contribution in [-0.4, -0.2) is 13.2 Å². The normalized spacial score (nSPS) is 21.1. The van der Waals surface area contributed by atoms with Gasteiger partial charge in [-0.15, -0.1) is 0 Å². The third-order valence-electron chi connectivity index (χ3n) is 5.00. The van der Waals surface area contributed by atoms with Gasteiger partial charge in [0.1, 0.15) is 5.75 Å². The highest BCUT2D eigenvalue weighted by Gasteiger charge is 2.39. The number of hydrogen-bond acceptors (Lipinski definition) is 3. The van der Waals surface area contributed by atoms with Crippen LogP contribution in [0.2, 0.25) is 0 Å². The molecule has 0 bridgehead atoms. The van der Waals surface area contributed by atoms with E-state index in [1.165, 1.54) is 31.2 Å². The van der Waals surface area contributed by atoms with E-state index in [1.807, 2.05) is 6.07 Å². The van der Waals surface area contributed by atoms with Crippen molar-refractivity contribution < 1.29 is 9.53 Å². The Balaban J connectivity index is 2.00. The van der Waals surface area contributed by atoms with Crippen molar-refractivity contribution in [2.24, 2.45) is 4.99 Å². The number of methoxy groups -OCH3 is 1. The molecule has 0 aliphatic heterocycles. The molecule has 0 spiro atoms. The molecular weight excluding hydrogens is 250 g/mol. The van der Waals surface area contributed by atoms with Crippen LogP contribution in [0.3, 0.4) is 0 Å². The Bertz CT molecular complexity index is 536. The summed E-state index contributed by atoms with van der Waals surface area (Å²) < 4.78 is 5.53. The molecule has 0 atom stereocenters. The molecule has 0 aromatic heterocycles. The summed E-state index contributed by atoms with van der Waals surface area (Å²) in [6, 6.07) is 6.34. The molecule has 3 nitrogen and oxygen atoms in total. The van der Waals surface area contributed by atoms with E-state index >= 15 is 0 Å². The topological polar surface area (TPSA) is 38.7 Å². The molecule has 1 aromatic rings. The molecule has 1 aromatic carbocycles. The fourth-order valence-electron chi connectivity index (χ4n) is 3.64. The molecule has 0 N–H and O–H groups in total. The van der Waals surface area contributed by atoms with Gasteiger partial charge in [-0.05, 0) is 61.3 Å². The van der Waals surface area contributed by atoms with E-state index < -0.39 is 0 Å². The molecule has 0 amide bonds. The maximum Gasteiger partial charge on any atom is 0.235 e. The van der Waals surface area contributed by atoms with Crippen molar-refractivity contribution in [2.75, 3.05) is 7.11 Å². The first kappa shape index (κ1) is 13.4. The summed E-state index contributed by atoms with van der Waals surface area (Å²) in [6.45, 7) is 0. The SMILES string of the molecule is COc1ccc(C2(N=C=O)CCC2)cc1C1CCCC1. The lowest BCUT2D eigenvalue weighted by Crippen LogP contribution is -2.32. The Labute approximate surface area is 120 Å². The van der Waals surface area contributed by atoms with E-state index in [9.17, 15) is 4.79 Å². The Morgan fingerprint density at radius 1 is 1.25 bits per heavy atom. The van der Waals surface area contributed by atoms with Gasteiger partial charge in [-0.3, -0.25) is 0 Å². The van der Waals surface area contributed by atoms with Gasteiger partial charge in [0.2, 0.25) is 6.08 Å². The summed E-state index contributed by atoms with van der Waals surface area (Å²) in [4.78, 5) is 14.8. The Morgan fingerprint density at radius 2 is 2.00 bits per heavy atom. The van der Waals surface area contributed by atoms with Crippen LogP contribution in [0.15, 0.2) is 23.2 Å². The Hall–Kier alpha value is -1.60. The largest absolute Gasteiger partial charge is 0.496 e. The van der Waals surface area contributed by atoms with Crippen molar-refractivity contribution in [3.63, 3.8) is 0 Å². The molecule has 2 saturated carbocycles. The van der Waals surface area contributed by atoms with Gasteiger partial charge in [0.25, 0.3) is 0 Å². The summed E-state index contributed by atoms with van der Waals surface area (Å²) in [5.74, 6) is 1.58. The second-order valence-corrected chi connectivity index (χ2v) is 6.03. The number of benzene rings is 1. The van der Waals surface area contributed by atoms with Crippen LogP contribution in [0.4, 0.5) is 0 Å². The summed E-state index contributed by atoms with van der Waals surface area (Å²) in [6.07, 6.45) is 9.90. The van der Waals surface area contributed by atoms with Crippen LogP contribution in [0.1, 0.15) is 62.0 Å². The van der Waals surface area contributed by atoms with Gasteiger partial charge in [-0.1, -0.05) is 18.9 Å². The Morgan fingerprint density at radius 3 is 2.55 bits per heavy atom. The van der Waals surface area contributed by atoms with Crippen LogP contribution in [0.5, 0.6) is 5.75 Å². The maximum atomic E-state index is 10.7. The minimum atomic E-state index is -0.304. The van der Waals surface area contributed by atoms with Gasteiger partial charge >= 0.3 is 0 Å². The second kappa shape index (κ2) is 5.41. The molecule has 2 fully saturated rings. The first-order valence-electron chi connectivity index (χ1n) is 7.56. The molecular formula is C17H21NO2. The van der Waals surface area contributed by atoms with Crippen molar-refractivity contribution >= 4 is 6.08 Å². The van der Waals surface area contributed by atoms with E-state index in [1.54, 1.807) is 13.2 Å². The molecule has 3 rings (SSSR count). The number of rotatable bonds is 4. The maximum absolute atomic E-state index is 10.7. The zero-order valence-corrected chi connectivity index (χ0v) is 12.0. The third-order valence-corrected chi connectivity index (χ3v) is 5.00. The van der Waals surface area contributed by atoms with Crippen LogP contribution >= 0.6 is 0 Å². The first-order valence-corrected chi connectivity index (χ1v) is 7.56. The number of hydrogen-bond donors (Lipinski definition) is 0. The van der Waals surface area contributed by atoms with Gasteiger partial charge in [-0.25, -0.2) is 4.79 Å². The fraction of sp³-hybridized carbons (Fsp3) is 0.588. The molecule has 0 heterocycles. The van der Waals surface area contributed by atoms with Crippen LogP contribution < -0.4 is 4.74 Å². The van der Waals surface area contributed by atoms with Gasteiger partial charge in [-0.2, -0.15) is 4.99 Å². The van der Waals surface area contributed by atoms with Gasteiger partial charge in [0, 0.05) is 0 Å². The average molecular weight is 271 g/mol. The van der Waals surface area contributed by atoms with E-state index in [4.69, 9.17) is 4.74 Å². The number of carbonyl (C=O) groups excluding carboxylic acids is 1. The van der Waals surface area contributed by atoms with Crippen molar-refractivity contribution in [3.05, 3.63) is 29.3 Å². The Kier molecular flexibility index (Phi) is 3.62. The number of isocyanates is 1. The second-order valence-electron chi connectivity index (χ2n) is 6.03. The van der Waals surface area contributed by atoms with Crippen LogP contribution in [0, 0.1) is 0 Å². The molecule has 20 heavy (non-hydrogen) atoms. The monoisotopic (exact) mass is 271 g/mol. The molecule has 2 aliphatic carbocycles. The van der Waals surface area contributed by atoms with Gasteiger partial charge in [0.05, 0.1) is 12.6 Å². The van der Waals surface area contributed by atoms with Crippen molar-refractivity contribution in [3.8, 4) is 5.75 Å². The summed E-state index contributed by atoms with van der Waals surface area (Å²) >= 11 is 0.